The van der Waals surface area contributed by atoms with E-state index >= 15 is 0 Å². The van der Waals surface area contributed by atoms with Gasteiger partial charge in [0.15, 0.2) is 0 Å². The van der Waals surface area contributed by atoms with Gasteiger partial charge in [0.05, 0.1) is 5.69 Å². The highest BCUT2D eigenvalue weighted by Crippen LogP contribution is 2.44. The first-order valence-electron chi connectivity index (χ1n) is 11.4. The number of anilines is 1. The third-order valence-corrected chi connectivity index (χ3v) is 6.97. The molecular weight excluding hydrogens is 466 g/mol. The molecule has 0 saturated heterocycles. The second kappa shape index (κ2) is 10.7. The molecule has 3 aromatic rings. The van der Waals surface area contributed by atoms with E-state index in [0.717, 1.165) is 22.7 Å². The van der Waals surface area contributed by atoms with Crippen molar-refractivity contribution in [2.45, 2.75) is 32.6 Å². The van der Waals surface area contributed by atoms with Crippen molar-refractivity contribution in [2.24, 2.45) is 5.92 Å². The Morgan fingerprint density at radius 1 is 1.09 bits per heavy atom. The van der Waals surface area contributed by atoms with Crippen molar-refractivity contribution in [3.05, 3.63) is 70.9 Å². The highest BCUT2D eigenvalue weighted by molar-refractivity contribution is 7.11. The quantitative estimate of drug-likeness (QED) is 0.384. The smallest absolute Gasteiger partial charge is 0.407 e. The predicted molar refractivity (Wildman–Crippen MR) is 134 cm³/mol. The van der Waals surface area contributed by atoms with Gasteiger partial charge in [-0.1, -0.05) is 55.5 Å². The number of amides is 2. The summed E-state index contributed by atoms with van der Waals surface area (Å²) in [6.45, 7) is 4.10. The Bertz CT molecular complexity index is 1210. The summed E-state index contributed by atoms with van der Waals surface area (Å²) in [7, 11) is 0. The van der Waals surface area contributed by atoms with Crippen LogP contribution in [0.3, 0.4) is 0 Å². The zero-order valence-corrected chi connectivity index (χ0v) is 20.4. The number of hydrogen-bond acceptors (Lipinski definition) is 6. The van der Waals surface area contributed by atoms with Crippen molar-refractivity contribution in [3.63, 3.8) is 0 Å². The molecule has 0 aliphatic heterocycles. The fourth-order valence-electron chi connectivity index (χ4n) is 4.37. The van der Waals surface area contributed by atoms with E-state index in [4.69, 9.17) is 4.74 Å². The van der Waals surface area contributed by atoms with Crippen LogP contribution >= 0.6 is 11.5 Å². The van der Waals surface area contributed by atoms with Gasteiger partial charge in [-0.15, -0.1) is 0 Å². The lowest BCUT2D eigenvalue weighted by molar-refractivity contribution is -0.117. The number of carbonyl (C=O) groups is 3. The van der Waals surface area contributed by atoms with Crippen molar-refractivity contribution in [1.29, 1.82) is 0 Å². The van der Waals surface area contributed by atoms with Gasteiger partial charge in [-0.25, -0.2) is 9.59 Å². The highest BCUT2D eigenvalue weighted by Gasteiger charge is 2.29. The van der Waals surface area contributed by atoms with Crippen LogP contribution in [-0.2, 0) is 9.53 Å². The molecule has 9 heteroatoms. The maximum absolute atomic E-state index is 12.3. The van der Waals surface area contributed by atoms with Crippen LogP contribution in [0.25, 0.3) is 11.1 Å². The first-order valence-corrected chi connectivity index (χ1v) is 12.2. The van der Waals surface area contributed by atoms with Gasteiger partial charge < -0.3 is 20.5 Å². The minimum atomic E-state index is -1.12. The zero-order valence-electron chi connectivity index (χ0n) is 19.5. The van der Waals surface area contributed by atoms with Crippen LogP contribution in [0, 0.1) is 12.8 Å². The first-order chi connectivity index (χ1) is 16.8. The summed E-state index contributed by atoms with van der Waals surface area (Å²) < 4.78 is 9.52. The van der Waals surface area contributed by atoms with Crippen molar-refractivity contribution in [3.8, 4) is 11.1 Å². The Balaban J connectivity index is 1.22. The highest BCUT2D eigenvalue weighted by atomic mass is 32.1. The number of carbonyl (C=O) groups excluding carboxylic acids is 2. The lowest BCUT2D eigenvalue weighted by Crippen LogP contribution is -2.28. The molecule has 0 saturated carbocycles. The molecule has 1 aromatic heterocycles. The minimum Gasteiger partial charge on any atom is -0.478 e. The molecule has 0 fully saturated rings. The van der Waals surface area contributed by atoms with Crippen LogP contribution in [0.1, 0.15) is 52.9 Å². The number of nitrogens with zero attached hydrogens (tertiary/aromatic N) is 1. The van der Waals surface area contributed by atoms with Crippen LogP contribution in [0.15, 0.2) is 48.5 Å². The van der Waals surface area contributed by atoms with Crippen LogP contribution in [0.4, 0.5) is 9.80 Å². The Kier molecular flexibility index (Phi) is 7.45. The Morgan fingerprint density at radius 3 is 2.34 bits per heavy atom. The van der Waals surface area contributed by atoms with E-state index in [9.17, 15) is 19.5 Å². The molecule has 1 heterocycles. The van der Waals surface area contributed by atoms with Gasteiger partial charge in [0.25, 0.3) is 0 Å². The summed E-state index contributed by atoms with van der Waals surface area (Å²) in [6.07, 6.45) is 0.280. The SMILES string of the molecule is Cc1nsc(NC(=O)CC(C)CCNC(=O)OCC2c3ccccc3-c3ccccc32)c1C(=O)O. The number of nitrogens with one attached hydrogen (secondary N) is 2. The number of carboxylic acid groups (broad SMARTS) is 1. The fraction of sp³-hybridized carbons (Fsp3) is 0.308. The lowest BCUT2D eigenvalue weighted by Gasteiger charge is -2.15. The molecule has 1 unspecified atom stereocenters. The van der Waals surface area contributed by atoms with Gasteiger partial charge in [-0.05, 0) is 53.0 Å². The molecule has 8 nitrogen and oxygen atoms in total. The van der Waals surface area contributed by atoms with Gasteiger partial charge in [0.1, 0.15) is 17.2 Å². The number of hydrogen-bond donors (Lipinski definition) is 3. The molecule has 182 valence electrons. The number of alkyl carbamates (subject to hydrolysis) is 1. The van der Waals surface area contributed by atoms with Crippen LogP contribution in [0.2, 0.25) is 0 Å². The maximum Gasteiger partial charge on any atom is 0.407 e. The average Bonchev–Trinajstić information content (AvgIpc) is 3.35. The van der Waals surface area contributed by atoms with E-state index in [1.165, 1.54) is 11.1 Å². The van der Waals surface area contributed by atoms with E-state index in [1.54, 1.807) is 6.92 Å². The Morgan fingerprint density at radius 2 is 1.71 bits per heavy atom. The second-order valence-corrected chi connectivity index (χ2v) is 9.45. The molecule has 3 N–H and O–H groups in total. The molecule has 35 heavy (non-hydrogen) atoms. The van der Waals surface area contributed by atoms with Gasteiger partial charge in [0, 0.05) is 18.9 Å². The van der Waals surface area contributed by atoms with Gasteiger partial charge in [-0.2, -0.15) is 4.37 Å². The minimum absolute atomic E-state index is 0.00170. The number of carboxylic acids is 1. The van der Waals surface area contributed by atoms with Crippen molar-refractivity contribution >= 4 is 34.5 Å². The number of ether oxygens (including phenoxy) is 1. The first kappa shape index (κ1) is 24.4. The molecule has 0 spiro atoms. The monoisotopic (exact) mass is 493 g/mol. The number of rotatable bonds is 9. The standard InChI is InChI=1S/C26H27N3O5S/c1-15(13-22(30)28-24-23(25(31)32)16(2)29-35-24)11-12-27-26(33)34-14-21-19-9-5-3-7-17(19)18-8-4-6-10-20(18)21/h3-10,15,21H,11-14H2,1-2H3,(H,27,33)(H,28,30)(H,31,32). The second-order valence-electron chi connectivity index (χ2n) is 8.68. The van der Waals surface area contributed by atoms with Crippen LogP contribution < -0.4 is 10.6 Å². The molecular formula is C26H27N3O5S. The van der Waals surface area contributed by atoms with Gasteiger partial charge >= 0.3 is 12.1 Å². The third-order valence-electron chi connectivity index (χ3n) is 6.11. The zero-order chi connectivity index (χ0) is 24.9. The van der Waals surface area contributed by atoms with E-state index in [1.807, 2.05) is 31.2 Å². The summed E-state index contributed by atoms with van der Waals surface area (Å²) in [5.41, 5.74) is 5.05. The fourth-order valence-corrected chi connectivity index (χ4v) is 5.18. The summed E-state index contributed by atoms with van der Waals surface area (Å²) in [5, 5.41) is 14.9. The molecule has 1 aliphatic rings. The molecule has 4 rings (SSSR count). The maximum atomic E-state index is 12.3. The third kappa shape index (κ3) is 5.51. The summed E-state index contributed by atoms with van der Waals surface area (Å²) in [5.74, 6) is -1.43. The van der Waals surface area contributed by atoms with E-state index in [-0.39, 0.29) is 41.3 Å². The number of benzene rings is 2. The Hall–Kier alpha value is -3.72. The van der Waals surface area contributed by atoms with E-state index in [0.29, 0.717) is 18.7 Å². The van der Waals surface area contributed by atoms with Crippen LogP contribution in [-0.4, -0.2) is 40.6 Å². The van der Waals surface area contributed by atoms with Crippen molar-refractivity contribution in [2.75, 3.05) is 18.5 Å². The molecule has 1 aliphatic carbocycles. The molecule has 0 bridgehead atoms. The van der Waals surface area contributed by atoms with Crippen molar-refractivity contribution in [1.82, 2.24) is 9.69 Å². The topological polar surface area (TPSA) is 118 Å². The molecule has 1 atom stereocenters. The summed E-state index contributed by atoms with van der Waals surface area (Å²) in [4.78, 5) is 36.0. The lowest BCUT2D eigenvalue weighted by atomic mass is 9.98. The van der Waals surface area contributed by atoms with E-state index in [2.05, 4.69) is 39.3 Å². The average molecular weight is 494 g/mol. The molecule has 2 amide bonds. The predicted octanol–water partition coefficient (Wildman–Crippen LogP) is 5.04. The Labute approximate surface area is 207 Å². The number of aromatic nitrogens is 1. The largest absolute Gasteiger partial charge is 0.478 e. The number of aryl methyl sites for hydroxylation is 1. The normalized spacial score (nSPS) is 13.0. The summed E-state index contributed by atoms with van der Waals surface area (Å²) in [6, 6.07) is 16.3. The number of aromatic carboxylic acids is 1. The van der Waals surface area contributed by atoms with Gasteiger partial charge in [-0.3, -0.25) is 4.79 Å². The van der Waals surface area contributed by atoms with Crippen LogP contribution in [0.5, 0.6) is 0 Å². The van der Waals surface area contributed by atoms with Crippen molar-refractivity contribution < 1.29 is 24.2 Å². The number of fused-ring (bicyclic) bond motifs is 3. The molecule has 0 radical (unpaired) electrons. The summed E-state index contributed by atoms with van der Waals surface area (Å²) >= 11 is 0.953. The van der Waals surface area contributed by atoms with E-state index < -0.39 is 12.1 Å². The molecule has 2 aromatic carbocycles. The van der Waals surface area contributed by atoms with Gasteiger partial charge in [0.2, 0.25) is 5.91 Å².